The van der Waals surface area contributed by atoms with Gasteiger partial charge in [0.15, 0.2) is 0 Å². The Labute approximate surface area is 178 Å². The third kappa shape index (κ3) is 5.16. The summed E-state index contributed by atoms with van der Waals surface area (Å²) in [5, 5.41) is 2.42. The monoisotopic (exact) mass is 455 g/mol. The fraction of sp³-hybridized carbons (Fsp3) is 0.190. The minimum absolute atomic E-state index is 0.0171. The van der Waals surface area contributed by atoms with Crippen LogP contribution >= 0.6 is 0 Å². The van der Waals surface area contributed by atoms with Crippen molar-refractivity contribution < 1.29 is 35.9 Å². The number of hydrogen-bond donors (Lipinski definition) is 1. The number of methoxy groups -OCH3 is 1. The van der Waals surface area contributed by atoms with Crippen LogP contribution < -0.4 is 10.1 Å². The van der Waals surface area contributed by atoms with Crippen LogP contribution in [-0.2, 0) is 12.4 Å². The highest BCUT2D eigenvalue weighted by Crippen LogP contribution is 2.36. The first-order chi connectivity index (χ1) is 15.0. The summed E-state index contributed by atoms with van der Waals surface area (Å²) in [6, 6.07) is 6.38. The second-order valence-electron chi connectivity index (χ2n) is 6.55. The molecule has 1 N–H and O–H groups in total. The second kappa shape index (κ2) is 8.85. The SMILES string of the molecule is COc1cc(C(=O)NC(c2ccc(C(F)(F)F)cc2)c2ncccc2C(F)(F)F)ccn1. The van der Waals surface area contributed by atoms with Crippen molar-refractivity contribution in [2.75, 3.05) is 7.11 Å². The molecule has 11 heteroatoms. The van der Waals surface area contributed by atoms with Gasteiger partial charge in [-0.2, -0.15) is 26.3 Å². The van der Waals surface area contributed by atoms with Crippen LogP contribution in [0.2, 0.25) is 0 Å². The maximum atomic E-state index is 13.6. The molecular weight excluding hydrogens is 440 g/mol. The number of hydrogen-bond acceptors (Lipinski definition) is 4. The minimum atomic E-state index is -4.81. The zero-order valence-corrected chi connectivity index (χ0v) is 16.3. The largest absolute Gasteiger partial charge is 0.481 e. The molecule has 0 saturated carbocycles. The van der Waals surface area contributed by atoms with Crippen molar-refractivity contribution in [3.8, 4) is 5.88 Å². The van der Waals surface area contributed by atoms with Gasteiger partial charge in [0, 0.05) is 24.0 Å². The van der Waals surface area contributed by atoms with E-state index in [9.17, 15) is 31.1 Å². The predicted molar refractivity (Wildman–Crippen MR) is 101 cm³/mol. The highest BCUT2D eigenvalue weighted by molar-refractivity contribution is 5.94. The summed E-state index contributed by atoms with van der Waals surface area (Å²) in [5.41, 5.74) is -2.66. The Morgan fingerprint density at radius 1 is 0.938 bits per heavy atom. The molecule has 0 aliphatic carbocycles. The minimum Gasteiger partial charge on any atom is -0.481 e. The molecule has 0 aliphatic rings. The third-order valence-corrected chi connectivity index (χ3v) is 4.47. The van der Waals surface area contributed by atoms with Crippen LogP contribution in [0.1, 0.15) is 38.8 Å². The van der Waals surface area contributed by atoms with Crippen molar-refractivity contribution in [1.29, 1.82) is 0 Å². The van der Waals surface area contributed by atoms with Gasteiger partial charge in [-0.25, -0.2) is 4.98 Å². The second-order valence-corrected chi connectivity index (χ2v) is 6.55. The molecule has 0 spiro atoms. The number of halogens is 6. The molecule has 32 heavy (non-hydrogen) atoms. The van der Waals surface area contributed by atoms with Crippen molar-refractivity contribution in [1.82, 2.24) is 15.3 Å². The fourth-order valence-corrected chi connectivity index (χ4v) is 2.94. The Morgan fingerprint density at radius 2 is 1.62 bits per heavy atom. The number of nitrogens with one attached hydrogen (secondary N) is 1. The van der Waals surface area contributed by atoms with Gasteiger partial charge in [-0.3, -0.25) is 9.78 Å². The lowest BCUT2D eigenvalue weighted by Gasteiger charge is -2.23. The van der Waals surface area contributed by atoms with E-state index in [0.29, 0.717) is 0 Å². The van der Waals surface area contributed by atoms with E-state index in [-0.39, 0.29) is 17.0 Å². The third-order valence-electron chi connectivity index (χ3n) is 4.47. The first kappa shape index (κ1) is 23.0. The van der Waals surface area contributed by atoms with E-state index in [0.717, 1.165) is 42.6 Å². The van der Waals surface area contributed by atoms with E-state index in [1.165, 1.54) is 25.4 Å². The smallest absolute Gasteiger partial charge is 0.418 e. The van der Waals surface area contributed by atoms with E-state index in [1.54, 1.807) is 0 Å². The highest BCUT2D eigenvalue weighted by Gasteiger charge is 2.37. The molecule has 0 aliphatic heterocycles. The summed E-state index contributed by atoms with van der Waals surface area (Å²) in [6.45, 7) is 0. The number of pyridine rings is 2. The van der Waals surface area contributed by atoms with E-state index >= 15 is 0 Å². The van der Waals surface area contributed by atoms with Gasteiger partial charge in [-0.1, -0.05) is 12.1 Å². The normalized spacial score (nSPS) is 12.8. The molecule has 0 saturated heterocycles. The van der Waals surface area contributed by atoms with Crippen LogP contribution in [0, 0.1) is 0 Å². The number of amides is 1. The number of rotatable bonds is 5. The molecular formula is C21H15F6N3O2. The summed E-state index contributed by atoms with van der Waals surface area (Å²) in [6.07, 6.45) is -7.07. The Balaban J connectivity index is 2.07. The van der Waals surface area contributed by atoms with Gasteiger partial charge < -0.3 is 10.1 Å². The summed E-state index contributed by atoms with van der Waals surface area (Å²) in [7, 11) is 1.32. The van der Waals surface area contributed by atoms with Crippen molar-refractivity contribution in [2.24, 2.45) is 0 Å². The molecule has 5 nitrogen and oxygen atoms in total. The van der Waals surface area contributed by atoms with Crippen LogP contribution in [0.3, 0.4) is 0 Å². The first-order valence-electron chi connectivity index (χ1n) is 9.01. The fourth-order valence-electron chi connectivity index (χ4n) is 2.94. The van der Waals surface area contributed by atoms with Crippen LogP contribution in [0.4, 0.5) is 26.3 Å². The standard InChI is InChI=1S/C21H15F6N3O2/c1-32-16-11-13(8-10-28-16)19(31)30-17(12-4-6-14(7-5-12)20(22,23)24)18-15(21(25,26)27)3-2-9-29-18/h2-11,17H,1H3,(H,30,31). The summed E-state index contributed by atoms with van der Waals surface area (Å²) in [4.78, 5) is 20.4. The van der Waals surface area contributed by atoms with Crippen LogP contribution in [0.15, 0.2) is 60.9 Å². The number of carbonyl (C=O) groups is 1. The number of carbonyl (C=O) groups excluding carboxylic acids is 1. The summed E-state index contributed by atoms with van der Waals surface area (Å²) >= 11 is 0. The number of benzene rings is 1. The van der Waals surface area contributed by atoms with E-state index in [1.807, 2.05) is 0 Å². The lowest BCUT2D eigenvalue weighted by molar-refractivity contribution is -0.139. The zero-order chi connectivity index (χ0) is 23.5. The van der Waals surface area contributed by atoms with Gasteiger partial charge >= 0.3 is 12.4 Å². The molecule has 2 aromatic heterocycles. The van der Waals surface area contributed by atoms with Gasteiger partial charge in [0.05, 0.1) is 30.0 Å². The molecule has 0 fully saturated rings. The number of ether oxygens (including phenoxy) is 1. The average molecular weight is 455 g/mol. The van der Waals surface area contributed by atoms with E-state index < -0.39 is 41.1 Å². The quantitative estimate of drug-likeness (QED) is 0.548. The van der Waals surface area contributed by atoms with Gasteiger partial charge in [-0.05, 0) is 35.9 Å². The Morgan fingerprint density at radius 3 is 2.22 bits per heavy atom. The molecule has 1 unspecified atom stereocenters. The van der Waals surface area contributed by atoms with Gasteiger partial charge in [0.1, 0.15) is 0 Å². The number of alkyl halides is 6. The zero-order valence-electron chi connectivity index (χ0n) is 16.3. The van der Waals surface area contributed by atoms with E-state index in [2.05, 4.69) is 15.3 Å². The highest BCUT2D eigenvalue weighted by atomic mass is 19.4. The van der Waals surface area contributed by atoms with Crippen molar-refractivity contribution >= 4 is 5.91 Å². The maximum Gasteiger partial charge on any atom is 0.418 e. The number of aromatic nitrogens is 2. The Hall–Kier alpha value is -3.63. The topological polar surface area (TPSA) is 64.1 Å². The van der Waals surface area contributed by atoms with Gasteiger partial charge in [0.25, 0.3) is 5.91 Å². The maximum absolute atomic E-state index is 13.6. The molecule has 2 heterocycles. The molecule has 0 radical (unpaired) electrons. The van der Waals surface area contributed by atoms with Crippen LogP contribution in [0.5, 0.6) is 5.88 Å². The predicted octanol–water partition coefficient (Wildman–Crippen LogP) is 5.04. The molecule has 168 valence electrons. The first-order valence-corrected chi connectivity index (χ1v) is 9.01. The van der Waals surface area contributed by atoms with Crippen LogP contribution in [-0.4, -0.2) is 23.0 Å². The Kier molecular flexibility index (Phi) is 6.37. The van der Waals surface area contributed by atoms with Gasteiger partial charge in [0.2, 0.25) is 5.88 Å². The van der Waals surface area contributed by atoms with Crippen LogP contribution in [0.25, 0.3) is 0 Å². The van der Waals surface area contributed by atoms with E-state index in [4.69, 9.17) is 4.74 Å². The van der Waals surface area contributed by atoms with Crippen molar-refractivity contribution in [3.63, 3.8) is 0 Å². The molecule has 3 aromatic rings. The molecule has 1 amide bonds. The van der Waals surface area contributed by atoms with Gasteiger partial charge in [-0.15, -0.1) is 0 Å². The lowest BCUT2D eigenvalue weighted by Crippen LogP contribution is -2.31. The Bertz CT molecular complexity index is 1100. The molecule has 1 atom stereocenters. The van der Waals surface area contributed by atoms with Crippen molar-refractivity contribution in [2.45, 2.75) is 18.4 Å². The lowest BCUT2D eigenvalue weighted by atomic mass is 9.97. The van der Waals surface area contributed by atoms with Crippen molar-refractivity contribution in [3.05, 3.63) is 88.9 Å². The summed E-state index contributed by atoms with van der Waals surface area (Å²) in [5.74, 6) is -0.702. The molecule has 1 aromatic carbocycles. The molecule has 0 bridgehead atoms. The number of nitrogens with zero attached hydrogens (tertiary/aromatic N) is 2. The molecule has 3 rings (SSSR count). The summed E-state index contributed by atoms with van der Waals surface area (Å²) < 4.78 is 84.4. The average Bonchev–Trinajstić information content (AvgIpc) is 2.76.